The highest BCUT2D eigenvalue weighted by Crippen LogP contribution is 2.28. The average Bonchev–Trinajstić information content (AvgIpc) is 2.70. The molecule has 0 aliphatic carbocycles. The van der Waals surface area contributed by atoms with E-state index in [0.717, 1.165) is 31.6 Å². The number of fused-ring (bicyclic) bond motifs is 1. The van der Waals surface area contributed by atoms with Gasteiger partial charge in [-0.3, -0.25) is 9.59 Å². The van der Waals surface area contributed by atoms with Gasteiger partial charge in [0.25, 0.3) is 5.91 Å². The minimum atomic E-state index is -0.723. The van der Waals surface area contributed by atoms with Gasteiger partial charge < -0.3 is 25.3 Å². The number of piperidine rings is 1. The van der Waals surface area contributed by atoms with Gasteiger partial charge in [0, 0.05) is 47.3 Å². The molecule has 0 spiro atoms. The van der Waals surface area contributed by atoms with Crippen LogP contribution >= 0.6 is 0 Å². The van der Waals surface area contributed by atoms with Gasteiger partial charge in [-0.05, 0) is 72.6 Å². The Morgan fingerprint density at radius 1 is 1.09 bits per heavy atom. The fourth-order valence-electron chi connectivity index (χ4n) is 5.00. The summed E-state index contributed by atoms with van der Waals surface area (Å²) in [6.07, 6.45) is 1.58. The lowest BCUT2D eigenvalue weighted by Crippen LogP contribution is -2.62. The molecule has 0 atom stereocenters. The summed E-state index contributed by atoms with van der Waals surface area (Å²) in [6.45, 7) is 14.0. The normalized spacial score (nSPS) is 17.5. The predicted molar refractivity (Wildman–Crippen MR) is 131 cm³/mol. The Bertz CT molecular complexity index is 1070. The minimum Gasteiger partial charge on any atom is -0.422 e. The molecule has 1 aliphatic heterocycles. The van der Waals surface area contributed by atoms with Crippen LogP contribution in [0.5, 0.6) is 0 Å². The van der Waals surface area contributed by atoms with Gasteiger partial charge in [0.05, 0.1) is 6.54 Å². The van der Waals surface area contributed by atoms with Crippen LogP contribution in [0.15, 0.2) is 33.5 Å². The van der Waals surface area contributed by atoms with E-state index in [-0.39, 0.29) is 35.1 Å². The van der Waals surface area contributed by atoms with Crippen molar-refractivity contribution in [3.63, 3.8) is 0 Å². The first kappa shape index (κ1) is 24.8. The summed E-state index contributed by atoms with van der Waals surface area (Å²) in [5.74, 6) is -0.907. The molecule has 0 radical (unpaired) electrons. The smallest absolute Gasteiger partial charge is 0.349 e. The zero-order valence-corrected chi connectivity index (χ0v) is 20.5. The van der Waals surface area contributed by atoms with Crippen LogP contribution in [0.25, 0.3) is 11.0 Å². The molecule has 0 bridgehead atoms. The largest absolute Gasteiger partial charge is 0.422 e. The Morgan fingerprint density at radius 2 is 1.73 bits per heavy atom. The number of carbonyl (C=O) groups is 2. The van der Waals surface area contributed by atoms with Crippen LogP contribution < -0.4 is 26.5 Å². The molecule has 8 heteroatoms. The molecule has 3 rings (SSSR count). The van der Waals surface area contributed by atoms with E-state index in [4.69, 9.17) is 4.42 Å². The molecule has 1 aromatic heterocycles. The lowest BCUT2D eigenvalue weighted by molar-refractivity contribution is -0.121. The van der Waals surface area contributed by atoms with Crippen molar-refractivity contribution in [2.24, 2.45) is 0 Å². The van der Waals surface area contributed by atoms with Crippen molar-refractivity contribution in [3.05, 3.63) is 40.2 Å². The molecule has 2 amide bonds. The van der Waals surface area contributed by atoms with Gasteiger partial charge in [-0.1, -0.05) is 0 Å². The summed E-state index contributed by atoms with van der Waals surface area (Å²) >= 11 is 0. The summed E-state index contributed by atoms with van der Waals surface area (Å²) < 4.78 is 5.42. The van der Waals surface area contributed by atoms with Crippen LogP contribution in [0, 0.1) is 0 Å². The average molecular weight is 457 g/mol. The van der Waals surface area contributed by atoms with Crippen molar-refractivity contribution >= 4 is 28.5 Å². The van der Waals surface area contributed by atoms with Gasteiger partial charge in [-0.2, -0.15) is 0 Å². The molecule has 0 saturated carbocycles. The number of rotatable bonds is 7. The van der Waals surface area contributed by atoms with E-state index in [9.17, 15) is 14.4 Å². The number of amides is 2. The number of carbonyl (C=O) groups excluding carboxylic acids is 2. The van der Waals surface area contributed by atoms with Crippen LogP contribution in [-0.4, -0.2) is 48.6 Å². The number of hydrogen-bond donors (Lipinski definition) is 3. The lowest BCUT2D eigenvalue weighted by atomic mass is 9.79. The molecule has 2 heterocycles. The van der Waals surface area contributed by atoms with Gasteiger partial charge in [0.15, 0.2) is 0 Å². The molecule has 1 fully saturated rings. The standard InChI is InChI=1S/C25H36N4O4/c1-7-29(8-2)18-10-9-16-11-19(23(32)33-20(16)12-18)22(31)26-15-21(30)27-17-13-24(3,4)28-25(5,6)14-17/h9-12,17,28H,7-8,13-15H2,1-6H3,(H,26,31)(H,27,30). The number of benzene rings is 1. The Labute approximate surface area is 195 Å². The van der Waals surface area contributed by atoms with E-state index in [1.54, 1.807) is 6.07 Å². The molecule has 1 aromatic carbocycles. The summed E-state index contributed by atoms with van der Waals surface area (Å²) in [5, 5.41) is 9.78. The van der Waals surface area contributed by atoms with Crippen molar-refractivity contribution < 1.29 is 14.0 Å². The minimum absolute atomic E-state index is 0.00592. The Balaban J connectivity index is 1.65. The van der Waals surface area contributed by atoms with Gasteiger partial charge in [-0.25, -0.2) is 4.79 Å². The second-order valence-corrected chi connectivity index (χ2v) is 10.1. The topological polar surface area (TPSA) is 104 Å². The number of nitrogens with zero attached hydrogens (tertiary/aromatic N) is 1. The zero-order chi connectivity index (χ0) is 24.4. The van der Waals surface area contributed by atoms with Crippen LogP contribution in [0.3, 0.4) is 0 Å². The van der Waals surface area contributed by atoms with Crippen molar-refractivity contribution in [3.8, 4) is 0 Å². The van der Waals surface area contributed by atoms with Crippen molar-refractivity contribution in [2.45, 2.75) is 71.5 Å². The molecule has 3 N–H and O–H groups in total. The molecule has 1 aliphatic rings. The lowest BCUT2D eigenvalue weighted by Gasteiger charge is -2.46. The Hall–Kier alpha value is -2.87. The van der Waals surface area contributed by atoms with Gasteiger partial charge >= 0.3 is 5.63 Å². The third-order valence-corrected chi connectivity index (χ3v) is 6.06. The fourth-order valence-corrected chi connectivity index (χ4v) is 5.00. The zero-order valence-electron chi connectivity index (χ0n) is 20.5. The maximum Gasteiger partial charge on any atom is 0.349 e. The maximum atomic E-state index is 12.6. The summed E-state index contributed by atoms with van der Waals surface area (Å²) in [4.78, 5) is 39.7. The van der Waals surface area contributed by atoms with E-state index in [1.165, 1.54) is 6.07 Å². The van der Waals surface area contributed by atoms with E-state index in [2.05, 4.69) is 62.4 Å². The van der Waals surface area contributed by atoms with E-state index in [0.29, 0.717) is 11.0 Å². The Morgan fingerprint density at radius 3 is 2.33 bits per heavy atom. The first-order valence-electron chi connectivity index (χ1n) is 11.6. The highest BCUT2D eigenvalue weighted by atomic mass is 16.4. The fraction of sp³-hybridized carbons (Fsp3) is 0.560. The van der Waals surface area contributed by atoms with E-state index < -0.39 is 11.5 Å². The quantitative estimate of drug-likeness (QED) is 0.554. The third-order valence-electron chi connectivity index (χ3n) is 6.06. The van der Waals surface area contributed by atoms with Crippen LogP contribution in [0.4, 0.5) is 5.69 Å². The molecule has 180 valence electrons. The molecular weight excluding hydrogens is 420 g/mol. The van der Waals surface area contributed by atoms with Crippen molar-refractivity contribution in [1.29, 1.82) is 0 Å². The van der Waals surface area contributed by atoms with Gasteiger partial charge in [0.1, 0.15) is 11.1 Å². The number of hydrogen-bond acceptors (Lipinski definition) is 6. The second-order valence-electron chi connectivity index (χ2n) is 10.1. The van der Waals surface area contributed by atoms with Crippen LogP contribution in [0.2, 0.25) is 0 Å². The first-order valence-corrected chi connectivity index (χ1v) is 11.6. The third kappa shape index (κ3) is 6.13. The van der Waals surface area contributed by atoms with Gasteiger partial charge in [0.2, 0.25) is 5.91 Å². The van der Waals surface area contributed by atoms with Crippen LogP contribution in [0.1, 0.15) is 64.7 Å². The van der Waals surface area contributed by atoms with Gasteiger partial charge in [-0.15, -0.1) is 0 Å². The monoisotopic (exact) mass is 456 g/mol. The Kier molecular flexibility index (Phi) is 7.17. The summed E-state index contributed by atoms with van der Waals surface area (Å²) in [7, 11) is 0. The predicted octanol–water partition coefficient (Wildman–Crippen LogP) is 2.79. The SMILES string of the molecule is CCN(CC)c1ccc2cc(C(=O)NCC(=O)NC3CC(C)(C)NC(C)(C)C3)c(=O)oc2c1. The molecule has 8 nitrogen and oxygen atoms in total. The number of nitrogens with one attached hydrogen (secondary N) is 3. The van der Waals surface area contributed by atoms with E-state index >= 15 is 0 Å². The maximum absolute atomic E-state index is 12.6. The number of anilines is 1. The van der Waals surface area contributed by atoms with Crippen molar-refractivity contribution in [1.82, 2.24) is 16.0 Å². The van der Waals surface area contributed by atoms with Crippen LogP contribution in [-0.2, 0) is 4.79 Å². The molecule has 1 saturated heterocycles. The highest BCUT2D eigenvalue weighted by molar-refractivity contribution is 5.98. The van der Waals surface area contributed by atoms with Crippen molar-refractivity contribution in [2.75, 3.05) is 24.5 Å². The highest BCUT2D eigenvalue weighted by Gasteiger charge is 2.38. The summed E-state index contributed by atoms with van der Waals surface area (Å²) in [5.41, 5.74) is 0.341. The second kappa shape index (κ2) is 9.55. The molecule has 2 aromatic rings. The molecule has 0 unspecified atom stereocenters. The summed E-state index contributed by atoms with van der Waals surface area (Å²) in [6, 6.07) is 7.09. The molecule has 33 heavy (non-hydrogen) atoms. The van der Waals surface area contributed by atoms with E-state index in [1.807, 2.05) is 12.1 Å². The first-order chi connectivity index (χ1) is 15.4. The molecular formula is C25H36N4O4.